The van der Waals surface area contributed by atoms with E-state index in [9.17, 15) is 19.5 Å². The molecule has 8 atom stereocenters. The number of hydrogen-bond donors (Lipinski definition) is 7. The van der Waals surface area contributed by atoms with Gasteiger partial charge in [-0.3, -0.25) is 14.4 Å². The van der Waals surface area contributed by atoms with E-state index >= 15 is 0 Å². The van der Waals surface area contributed by atoms with Crippen molar-refractivity contribution in [2.75, 3.05) is 33.4 Å². The van der Waals surface area contributed by atoms with Crippen LogP contribution in [-0.2, 0) is 38.1 Å². The van der Waals surface area contributed by atoms with Crippen LogP contribution >= 0.6 is 0 Å². The third-order valence-corrected chi connectivity index (χ3v) is 5.83. The van der Waals surface area contributed by atoms with Gasteiger partial charge in [-0.25, -0.2) is 0 Å². The lowest BCUT2D eigenvalue weighted by Gasteiger charge is -2.44. The SMILES string of the molecule is CO[C@H]1O[C@H](CO)[C@H](OC(=O)[C@@H](N)CCCN)[C@H](OC(=O)[C@@H](N)CCCN)[C@H]1OC(=O)[C@@H](N)CCCN. The Morgan fingerprint density at radius 2 is 1.11 bits per heavy atom. The van der Waals surface area contributed by atoms with Crippen molar-refractivity contribution < 1.29 is 43.2 Å². The van der Waals surface area contributed by atoms with Gasteiger partial charge in [0.25, 0.3) is 0 Å². The summed E-state index contributed by atoms with van der Waals surface area (Å²) in [7, 11) is 1.26. The van der Waals surface area contributed by atoms with Crippen LogP contribution in [0.15, 0.2) is 0 Å². The third-order valence-electron chi connectivity index (χ3n) is 5.83. The van der Waals surface area contributed by atoms with Crippen LogP contribution in [-0.4, -0.2) is 105 Å². The standard InChI is InChI=1S/C22H44N6O9/c1-33-22-18(37-21(32)14(28)7-4-10-25)17(36-20(31)13(27)6-3-9-24)16(15(11-29)34-22)35-19(30)12(26)5-2-8-23/h12-18,22,29H,2-11,23-28H2,1H3/t12-,13-,14-,15+,16-,17-,18+,22-/m0/s1. The summed E-state index contributed by atoms with van der Waals surface area (Å²) < 4.78 is 27.7. The maximum Gasteiger partial charge on any atom is 0.323 e. The van der Waals surface area contributed by atoms with Gasteiger partial charge in [0.2, 0.25) is 0 Å². The van der Waals surface area contributed by atoms with E-state index in [-0.39, 0.29) is 19.3 Å². The molecule has 0 spiro atoms. The molecule has 216 valence electrons. The van der Waals surface area contributed by atoms with Crippen molar-refractivity contribution >= 4 is 17.9 Å². The highest BCUT2D eigenvalue weighted by molar-refractivity contribution is 5.77. The summed E-state index contributed by atoms with van der Waals surface area (Å²) in [6.45, 7) is 0.277. The zero-order chi connectivity index (χ0) is 28.0. The number of hydrogen-bond acceptors (Lipinski definition) is 15. The van der Waals surface area contributed by atoms with Crippen molar-refractivity contribution in [2.45, 2.75) is 87.4 Å². The Kier molecular flexibility index (Phi) is 15.7. The molecule has 0 bridgehead atoms. The Morgan fingerprint density at radius 3 is 1.46 bits per heavy atom. The van der Waals surface area contributed by atoms with Gasteiger partial charge in [-0.15, -0.1) is 0 Å². The zero-order valence-electron chi connectivity index (χ0n) is 21.4. The van der Waals surface area contributed by atoms with Gasteiger partial charge < -0.3 is 63.2 Å². The maximum absolute atomic E-state index is 12.8. The summed E-state index contributed by atoms with van der Waals surface area (Å²) in [5.41, 5.74) is 34.2. The minimum Gasteiger partial charge on any atom is -0.454 e. The fourth-order valence-electron chi connectivity index (χ4n) is 3.65. The van der Waals surface area contributed by atoms with E-state index in [4.69, 9.17) is 58.1 Å². The van der Waals surface area contributed by atoms with Gasteiger partial charge in [0, 0.05) is 7.11 Å². The highest BCUT2D eigenvalue weighted by Crippen LogP contribution is 2.30. The average Bonchev–Trinajstić information content (AvgIpc) is 2.89. The molecule has 0 unspecified atom stereocenters. The lowest BCUT2D eigenvalue weighted by atomic mass is 9.97. The zero-order valence-corrected chi connectivity index (χ0v) is 21.4. The molecule has 1 heterocycles. The molecule has 1 rings (SSSR count). The molecule has 0 aromatic carbocycles. The number of carbonyl (C=O) groups is 3. The first-order valence-electron chi connectivity index (χ1n) is 12.4. The fraction of sp³-hybridized carbons (Fsp3) is 0.864. The maximum atomic E-state index is 12.8. The summed E-state index contributed by atoms with van der Waals surface area (Å²) in [4.78, 5) is 38.3. The van der Waals surface area contributed by atoms with E-state index in [0.717, 1.165) is 0 Å². The molecule has 1 saturated heterocycles. The first-order chi connectivity index (χ1) is 17.6. The van der Waals surface area contributed by atoms with Gasteiger partial charge in [-0.2, -0.15) is 0 Å². The number of rotatable bonds is 17. The fourth-order valence-corrected chi connectivity index (χ4v) is 3.65. The van der Waals surface area contributed by atoms with Crippen molar-refractivity contribution in [2.24, 2.45) is 34.4 Å². The number of methoxy groups -OCH3 is 1. The molecular weight excluding hydrogens is 492 g/mol. The number of ether oxygens (including phenoxy) is 5. The second-order valence-corrected chi connectivity index (χ2v) is 8.78. The molecule has 0 aromatic heterocycles. The van der Waals surface area contributed by atoms with Crippen molar-refractivity contribution in [3.05, 3.63) is 0 Å². The van der Waals surface area contributed by atoms with Crippen molar-refractivity contribution in [1.29, 1.82) is 0 Å². The number of aliphatic hydroxyl groups excluding tert-OH is 1. The van der Waals surface area contributed by atoms with Crippen LogP contribution in [0.3, 0.4) is 0 Å². The summed E-state index contributed by atoms with van der Waals surface area (Å²) in [5.74, 6) is -2.56. The number of carbonyl (C=O) groups excluding carboxylic acids is 3. The van der Waals surface area contributed by atoms with Gasteiger partial charge in [0.05, 0.1) is 6.61 Å². The molecule has 0 aromatic rings. The molecule has 1 aliphatic heterocycles. The topological polar surface area (TPSA) is 274 Å². The molecular formula is C22H44N6O9. The molecule has 0 saturated carbocycles. The van der Waals surface area contributed by atoms with Crippen LogP contribution in [0.2, 0.25) is 0 Å². The lowest BCUT2D eigenvalue weighted by Crippen LogP contribution is -2.64. The van der Waals surface area contributed by atoms with Crippen molar-refractivity contribution in [3.8, 4) is 0 Å². The van der Waals surface area contributed by atoms with E-state index < -0.39 is 73.3 Å². The van der Waals surface area contributed by atoms with E-state index in [1.165, 1.54) is 7.11 Å². The van der Waals surface area contributed by atoms with Crippen LogP contribution in [0.5, 0.6) is 0 Å². The van der Waals surface area contributed by atoms with Crippen molar-refractivity contribution in [1.82, 2.24) is 0 Å². The largest absolute Gasteiger partial charge is 0.454 e. The number of esters is 3. The number of aliphatic hydroxyl groups is 1. The summed E-state index contributed by atoms with van der Waals surface area (Å²) >= 11 is 0. The minimum atomic E-state index is -1.47. The van der Waals surface area contributed by atoms with Crippen LogP contribution in [0, 0.1) is 0 Å². The van der Waals surface area contributed by atoms with Crippen LogP contribution in [0.1, 0.15) is 38.5 Å². The molecule has 1 fully saturated rings. The lowest BCUT2D eigenvalue weighted by molar-refractivity contribution is -0.303. The van der Waals surface area contributed by atoms with Gasteiger partial charge in [-0.1, -0.05) is 0 Å². The quantitative estimate of drug-likeness (QED) is 0.0695. The second-order valence-electron chi connectivity index (χ2n) is 8.78. The van der Waals surface area contributed by atoms with Gasteiger partial charge in [-0.05, 0) is 58.2 Å². The van der Waals surface area contributed by atoms with Gasteiger partial charge >= 0.3 is 17.9 Å². The highest BCUT2D eigenvalue weighted by Gasteiger charge is 2.53. The first kappa shape index (κ1) is 33.1. The Bertz CT molecular complexity index is 662. The normalized spacial score (nSPS) is 26.1. The molecule has 0 radical (unpaired) electrons. The molecule has 0 amide bonds. The van der Waals surface area contributed by atoms with Crippen LogP contribution in [0.4, 0.5) is 0 Å². The predicted octanol–water partition coefficient (Wildman–Crippen LogP) is -3.72. The van der Waals surface area contributed by atoms with E-state index in [2.05, 4.69) is 0 Å². The smallest absolute Gasteiger partial charge is 0.323 e. The van der Waals surface area contributed by atoms with E-state index in [0.29, 0.717) is 38.9 Å². The Balaban J connectivity index is 3.30. The number of nitrogens with two attached hydrogens (primary N) is 6. The summed E-state index contributed by atoms with van der Waals surface area (Å²) in [5, 5.41) is 9.96. The minimum absolute atomic E-state index is 0.221. The van der Waals surface area contributed by atoms with E-state index in [1.54, 1.807) is 0 Å². The molecule has 1 aliphatic rings. The predicted molar refractivity (Wildman–Crippen MR) is 131 cm³/mol. The molecule has 37 heavy (non-hydrogen) atoms. The molecule has 13 N–H and O–H groups in total. The molecule has 15 nitrogen and oxygen atoms in total. The Hall–Kier alpha value is -1.95. The molecule has 15 heteroatoms. The Labute approximate surface area is 216 Å². The Morgan fingerprint density at radius 1 is 0.730 bits per heavy atom. The first-order valence-corrected chi connectivity index (χ1v) is 12.4. The molecule has 0 aliphatic carbocycles. The average molecular weight is 537 g/mol. The van der Waals surface area contributed by atoms with Gasteiger partial charge in [0.1, 0.15) is 24.2 Å². The van der Waals surface area contributed by atoms with Gasteiger partial charge in [0.15, 0.2) is 24.6 Å². The van der Waals surface area contributed by atoms with Crippen LogP contribution in [0.25, 0.3) is 0 Å². The highest BCUT2D eigenvalue weighted by atomic mass is 16.7. The monoisotopic (exact) mass is 536 g/mol. The second kappa shape index (κ2) is 17.5. The van der Waals surface area contributed by atoms with Crippen molar-refractivity contribution in [3.63, 3.8) is 0 Å². The van der Waals surface area contributed by atoms with Crippen LogP contribution < -0.4 is 34.4 Å². The summed E-state index contributed by atoms with van der Waals surface area (Å²) in [6, 6.07) is -3.14. The van der Waals surface area contributed by atoms with E-state index in [1.807, 2.05) is 0 Å². The third kappa shape index (κ3) is 10.4. The summed E-state index contributed by atoms with van der Waals surface area (Å²) in [6.07, 6.45) is -4.76.